The van der Waals surface area contributed by atoms with E-state index in [0.29, 0.717) is 39.4 Å². The summed E-state index contributed by atoms with van der Waals surface area (Å²) in [6.45, 7) is 4.52. The lowest BCUT2D eigenvalue weighted by atomic mass is 10.1. The number of nitriles is 1. The predicted octanol–water partition coefficient (Wildman–Crippen LogP) is 6.83. The number of ether oxygens (including phenoxy) is 2. The van der Waals surface area contributed by atoms with Crippen molar-refractivity contribution in [2.24, 2.45) is 0 Å². The van der Waals surface area contributed by atoms with Crippen LogP contribution in [0.4, 0.5) is 5.69 Å². The van der Waals surface area contributed by atoms with Crippen LogP contribution in [0.1, 0.15) is 23.6 Å². The molecule has 168 valence electrons. The molecular weight excluding hydrogens is 459 g/mol. The summed E-state index contributed by atoms with van der Waals surface area (Å²) in [5.41, 5.74) is 3.16. The van der Waals surface area contributed by atoms with Gasteiger partial charge < -0.3 is 14.8 Å². The molecule has 0 fully saturated rings. The van der Waals surface area contributed by atoms with Crippen LogP contribution in [0.3, 0.4) is 0 Å². The maximum atomic E-state index is 12.5. The molecule has 0 heterocycles. The highest BCUT2D eigenvalue weighted by atomic mass is 35.5. The Kier molecular flexibility index (Phi) is 8.37. The van der Waals surface area contributed by atoms with E-state index in [4.69, 9.17) is 32.7 Å². The summed E-state index contributed by atoms with van der Waals surface area (Å²) >= 11 is 12.0. The number of aryl methyl sites for hydroxylation is 1. The summed E-state index contributed by atoms with van der Waals surface area (Å²) in [6, 6.07) is 19.8. The fraction of sp³-hybridized carbons (Fsp3) is 0.154. The van der Waals surface area contributed by atoms with Gasteiger partial charge in [0.25, 0.3) is 5.91 Å². The van der Waals surface area contributed by atoms with Crippen molar-refractivity contribution in [2.75, 3.05) is 11.9 Å². The lowest BCUT2D eigenvalue weighted by Gasteiger charge is -2.13. The summed E-state index contributed by atoms with van der Waals surface area (Å²) in [5.74, 6) is 0.546. The van der Waals surface area contributed by atoms with Gasteiger partial charge in [0, 0.05) is 5.69 Å². The lowest BCUT2D eigenvalue weighted by Crippen LogP contribution is -2.13. The Morgan fingerprint density at radius 2 is 1.76 bits per heavy atom. The van der Waals surface area contributed by atoms with E-state index in [1.54, 1.807) is 42.5 Å². The highest BCUT2D eigenvalue weighted by Crippen LogP contribution is 2.31. The number of nitrogens with one attached hydrogen (secondary N) is 1. The minimum absolute atomic E-state index is 0.0255. The number of carbonyl (C=O) groups excluding carboxylic acids is 1. The number of anilines is 1. The maximum absolute atomic E-state index is 12.5. The number of hydrogen-bond acceptors (Lipinski definition) is 4. The molecule has 0 saturated carbocycles. The molecule has 3 rings (SSSR count). The van der Waals surface area contributed by atoms with Gasteiger partial charge in [-0.2, -0.15) is 5.26 Å². The molecule has 1 amide bonds. The van der Waals surface area contributed by atoms with Crippen LogP contribution in [0.15, 0.2) is 66.2 Å². The predicted molar refractivity (Wildman–Crippen MR) is 132 cm³/mol. The SMILES string of the molecule is CCOc1cc(C=C(C#N)C(=O)Nc2ccc(C)cc2)ccc1OCc1ccc(Cl)c(Cl)c1. The first-order valence-electron chi connectivity index (χ1n) is 10.2. The van der Waals surface area contributed by atoms with E-state index in [-0.39, 0.29) is 12.2 Å². The van der Waals surface area contributed by atoms with Crippen LogP contribution >= 0.6 is 23.2 Å². The standard InChI is InChI=1S/C26H22Cl2N2O3/c1-3-32-25-14-18(7-11-24(25)33-16-19-6-10-22(27)23(28)13-19)12-20(15-29)26(31)30-21-8-4-17(2)5-9-21/h4-14H,3,16H2,1-2H3,(H,30,31). The first kappa shape index (κ1) is 24.2. The van der Waals surface area contributed by atoms with Crippen molar-refractivity contribution in [3.63, 3.8) is 0 Å². The molecule has 3 aromatic rings. The minimum Gasteiger partial charge on any atom is -0.490 e. The molecule has 0 unspecified atom stereocenters. The van der Waals surface area contributed by atoms with Crippen LogP contribution in [0, 0.1) is 18.3 Å². The summed E-state index contributed by atoms with van der Waals surface area (Å²) in [6.07, 6.45) is 1.51. The second kappa shape index (κ2) is 11.4. The van der Waals surface area contributed by atoms with Gasteiger partial charge in [-0.05, 0) is 67.4 Å². The zero-order valence-electron chi connectivity index (χ0n) is 18.2. The Bertz CT molecular complexity index is 1220. The van der Waals surface area contributed by atoms with Crippen molar-refractivity contribution in [3.05, 3.63) is 93.0 Å². The minimum atomic E-state index is -0.487. The summed E-state index contributed by atoms with van der Waals surface area (Å²) in [4.78, 5) is 12.5. The fourth-order valence-corrected chi connectivity index (χ4v) is 3.26. The van der Waals surface area contributed by atoms with Gasteiger partial charge in [0.2, 0.25) is 0 Å². The zero-order valence-corrected chi connectivity index (χ0v) is 19.7. The summed E-state index contributed by atoms with van der Waals surface area (Å²) in [5, 5.41) is 13.2. The number of nitrogens with zero attached hydrogens (tertiary/aromatic N) is 1. The van der Waals surface area contributed by atoms with Gasteiger partial charge in [-0.25, -0.2) is 0 Å². The third-order valence-corrected chi connectivity index (χ3v) is 5.37. The van der Waals surface area contributed by atoms with Gasteiger partial charge in [-0.3, -0.25) is 4.79 Å². The smallest absolute Gasteiger partial charge is 0.266 e. The van der Waals surface area contributed by atoms with E-state index in [1.807, 2.05) is 38.1 Å². The molecule has 0 atom stereocenters. The van der Waals surface area contributed by atoms with Crippen molar-refractivity contribution in [2.45, 2.75) is 20.5 Å². The van der Waals surface area contributed by atoms with Gasteiger partial charge in [0.1, 0.15) is 18.2 Å². The Hall–Kier alpha value is -3.46. The van der Waals surface area contributed by atoms with E-state index in [1.165, 1.54) is 6.08 Å². The highest BCUT2D eigenvalue weighted by molar-refractivity contribution is 6.42. The summed E-state index contributed by atoms with van der Waals surface area (Å²) in [7, 11) is 0. The van der Waals surface area contributed by atoms with Gasteiger partial charge in [-0.15, -0.1) is 0 Å². The third-order valence-electron chi connectivity index (χ3n) is 4.63. The zero-order chi connectivity index (χ0) is 23.8. The second-order valence-electron chi connectivity index (χ2n) is 7.17. The summed E-state index contributed by atoms with van der Waals surface area (Å²) < 4.78 is 11.6. The third kappa shape index (κ3) is 6.76. The topological polar surface area (TPSA) is 71.3 Å². The monoisotopic (exact) mass is 480 g/mol. The van der Waals surface area contributed by atoms with Crippen LogP contribution in [-0.4, -0.2) is 12.5 Å². The Morgan fingerprint density at radius 3 is 2.42 bits per heavy atom. The number of carbonyl (C=O) groups is 1. The van der Waals surface area contributed by atoms with Crippen molar-refractivity contribution in [1.29, 1.82) is 5.26 Å². The number of benzene rings is 3. The molecule has 3 aromatic carbocycles. The molecule has 0 spiro atoms. The Labute approximate surface area is 203 Å². The van der Waals surface area contributed by atoms with Crippen molar-refractivity contribution in [3.8, 4) is 17.6 Å². The highest BCUT2D eigenvalue weighted by Gasteiger charge is 2.12. The fourth-order valence-electron chi connectivity index (χ4n) is 2.94. The molecule has 5 nitrogen and oxygen atoms in total. The van der Waals surface area contributed by atoms with Crippen molar-refractivity contribution < 1.29 is 14.3 Å². The van der Waals surface area contributed by atoms with Crippen LogP contribution in [-0.2, 0) is 11.4 Å². The van der Waals surface area contributed by atoms with E-state index in [0.717, 1.165) is 11.1 Å². The number of amides is 1. The molecule has 0 saturated heterocycles. The van der Waals surface area contributed by atoms with E-state index in [2.05, 4.69) is 5.32 Å². The molecule has 0 bridgehead atoms. The molecule has 7 heteroatoms. The van der Waals surface area contributed by atoms with Gasteiger partial charge in [0.15, 0.2) is 11.5 Å². The van der Waals surface area contributed by atoms with Crippen LogP contribution in [0.2, 0.25) is 10.0 Å². The molecule has 0 aliphatic heterocycles. The maximum Gasteiger partial charge on any atom is 0.266 e. The first-order valence-corrected chi connectivity index (χ1v) is 11.0. The van der Waals surface area contributed by atoms with Crippen LogP contribution in [0.5, 0.6) is 11.5 Å². The molecule has 0 aromatic heterocycles. The van der Waals surface area contributed by atoms with Gasteiger partial charge in [-0.1, -0.05) is 53.0 Å². The molecule has 1 N–H and O–H groups in total. The number of halogens is 2. The first-order chi connectivity index (χ1) is 15.9. The average molecular weight is 481 g/mol. The largest absolute Gasteiger partial charge is 0.490 e. The van der Waals surface area contributed by atoms with Crippen LogP contribution in [0.25, 0.3) is 6.08 Å². The van der Waals surface area contributed by atoms with Crippen molar-refractivity contribution in [1.82, 2.24) is 0 Å². The molecule has 0 aliphatic rings. The normalized spacial score (nSPS) is 10.9. The Morgan fingerprint density at radius 1 is 1.00 bits per heavy atom. The number of hydrogen-bond donors (Lipinski definition) is 1. The second-order valence-corrected chi connectivity index (χ2v) is 7.98. The molecule has 0 aliphatic carbocycles. The lowest BCUT2D eigenvalue weighted by molar-refractivity contribution is -0.112. The van der Waals surface area contributed by atoms with E-state index in [9.17, 15) is 10.1 Å². The van der Waals surface area contributed by atoms with E-state index >= 15 is 0 Å². The molecule has 0 radical (unpaired) electrons. The van der Waals surface area contributed by atoms with Crippen LogP contribution < -0.4 is 14.8 Å². The van der Waals surface area contributed by atoms with Gasteiger partial charge in [0.05, 0.1) is 16.7 Å². The quantitative estimate of drug-likeness (QED) is 0.283. The molecule has 33 heavy (non-hydrogen) atoms. The Balaban J connectivity index is 1.77. The van der Waals surface area contributed by atoms with E-state index < -0.39 is 5.91 Å². The molecular formula is C26H22Cl2N2O3. The van der Waals surface area contributed by atoms with Gasteiger partial charge >= 0.3 is 0 Å². The number of rotatable bonds is 8. The van der Waals surface area contributed by atoms with Crippen molar-refractivity contribution >= 4 is 40.9 Å². The average Bonchev–Trinajstić information content (AvgIpc) is 2.80.